The van der Waals surface area contributed by atoms with Gasteiger partial charge in [0.2, 0.25) is 0 Å². The van der Waals surface area contributed by atoms with E-state index in [-0.39, 0.29) is 6.09 Å². The molecule has 0 aromatic carbocycles. The van der Waals surface area contributed by atoms with Gasteiger partial charge in [-0.05, 0) is 43.4 Å². The Balaban J connectivity index is 1.23. The van der Waals surface area contributed by atoms with Crippen molar-refractivity contribution in [1.82, 2.24) is 25.7 Å². The number of amides is 1. The van der Waals surface area contributed by atoms with Crippen LogP contribution in [0.4, 0.5) is 4.79 Å². The van der Waals surface area contributed by atoms with E-state index in [1.165, 1.54) is 5.69 Å². The maximum atomic E-state index is 11.9. The number of alkyl carbamates (subject to hydrolysis) is 1. The lowest BCUT2D eigenvalue weighted by molar-refractivity contribution is 0.0493. The number of fused-ring (bicyclic) bond motifs is 2. The Bertz CT molecular complexity index is 625. The van der Waals surface area contributed by atoms with Crippen molar-refractivity contribution in [2.24, 2.45) is 30.6 Å². The van der Waals surface area contributed by atoms with Crippen LogP contribution < -0.4 is 16.6 Å². The summed E-state index contributed by atoms with van der Waals surface area (Å²) in [5, 5.41) is 11.1. The summed E-state index contributed by atoms with van der Waals surface area (Å²) in [7, 11) is 1.96. The number of carbonyl (C=O) groups excluding carboxylic acids is 1. The number of nitrogens with two attached hydrogens (primary N) is 1. The van der Waals surface area contributed by atoms with E-state index in [9.17, 15) is 4.79 Å². The highest BCUT2D eigenvalue weighted by atomic mass is 16.6. The summed E-state index contributed by atoms with van der Waals surface area (Å²) in [6.07, 6.45) is 3.82. The average molecular weight is 396 g/mol. The van der Waals surface area contributed by atoms with E-state index in [2.05, 4.69) is 21.1 Å². The van der Waals surface area contributed by atoms with Crippen molar-refractivity contribution in [2.45, 2.75) is 25.7 Å². The number of carbonyl (C=O) groups is 1. The summed E-state index contributed by atoms with van der Waals surface area (Å²) in [5.74, 6) is 6.90. The number of nitrogens with one attached hydrogen (secondary N) is 2. The SMILES string of the molecule is Cn1nnc2c1CCC1C(CC2)C1COC(=O)NCCOCCOCCNN. The Kier molecular flexibility index (Phi) is 8.01. The molecule has 28 heavy (non-hydrogen) atoms. The summed E-state index contributed by atoms with van der Waals surface area (Å²) < 4.78 is 18.0. The van der Waals surface area contributed by atoms with Gasteiger partial charge in [0.1, 0.15) is 0 Å². The normalized spacial score (nSPS) is 23.3. The molecule has 0 aliphatic heterocycles. The van der Waals surface area contributed by atoms with Gasteiger partial charge in [-0.1, -0.05) is 5.21 Å². The van der Waals surface area contributed by atoms with Gasteiger partial charge in [0.05, 0.1) is 44.4 Å². The second kappa shape index (κ2) is 10.7. The molecule has 0 bridgehead atoms. The second-order valence-electron chi connectivity index (χ2n) is 7.38. The highest BCUT2D eigenvalue weighted by Crippen LogP contribution is 2.52. The predicted octanol–water partition coefficient (Wildman–Crippen LogP) is -0.221. The number of hydrogen-bond donors (Lipinski definition) is 3. The smallest absolute Gasteiger partial charge is 0.407 e. The highest BCUT2D eigenvalue weighted by Gasteiger charge is 2.50. The van der Waals surface area contributed by atoms with Gasteiger partial charge >= 0.3 is 6.09 Å². The number of hydrogen-bond acceptors (Lipinski definition) is 8. The molecule has 3 atom stereocenters. The van der Waals surface area contributed by atoms with Crippen LogP contribution in [0.15, 0.2) is 0 Å². The molecule has 4 N–H and O–H groups in total. The molecule has 3 unspecified atom stereocenters. The van der Waals surface area contributed by atoms with Gasteiger partial charge in [-0.25, -0.2) is 4.79 Å². The van der Waals surface area contributed by atoms with Gasteiger partial charge in [0.25, 0.3) is 0 Å². The van der Waals surface area contributed by atoms with E-state index in [1.807, 2.05) is 11.7 Å². The van der Waals surface area contributed by atoms with Crippen molar-refractivity contribution < 1.29 is 19.0 Å². The summed E-state index contributed by atoms with van der Waals surface area (Å²) in [6.45, 7) is 3.50. The van der Waals surface area contributed by atoms with Crippen LogP contribution in [0, 0.1) is 17.8 Å². The van der Waals surface area contributed by atoms with Crippen molar-refractivity contribution in [2.75, 3.05) is 46.1 Å². The second-order valence-corrected chi connectivity index (χ2v) is 7.38. The van der Waals surface area contributed by atoms with Crippen LogP contribution in [-0.2, 0) is 34.1 Å². The van der Waals surface area contributed by atoms with E-state index in [0.29, 0.717) is 63.9 Å². The van der Waals surface area contributed by atoms with Crippen LogP contribution in [0.5, 0.6) is 0 Å². The van der Waals surface area contributed by atoms with Crippen molar-refractivity contribution in [3.05, 3.63) is 11.4 Å². The zero-order chi connectivity index (χ0) is 19.8. The molecule has 10 heteroatoms. The average Bonchev–Trinajstić information content (AvgIpc) is 3.21. The summed E-state index contributed by atoms with van der Waals surface area (Å²) in [4.78, 5) is 11.9. The number of ether oxygens (including phenoxy) is 3. The van der Waals surface area contributed by atoms with Crippen LogP contribution in [-0.4, -0.2) is 67.2 Å². The van der Waals surface area contributed by atoms with E-state index in [4.69, 9.17) is 20.1 Å². The van der Waals surface area contributed by atoms with E-state index in [0.717, 1.165) is 31.4 Å². The molecule has 1 saturated carbocycles. The predicted molar refractivity (Wildman–Crippen MR) is 101 cm³/mol. The number of aromatic nitrogens is 3. The van der Waals surface area contributed by atoms with Gasteiger partial charge in [0.15, 0.2) is 0 Å². The number of aryl methyl sites for hydroxylation is 2. The molecule has 1 aromatic rings. The van der Waals surface area contributed by atoms with Crippen LogP contribution >= 0.6 is 0 Å². The fourth-order valence-corrected chi connectivity index (χ4v) is 4.06. The third kappa shape index (κ3) is 5.87. The fraction of sp³-hybridized carbons (Fsp3) is 0.833. The van der Waals surface area contributed by atoms with Crippen molar-refractivity contribution in [1.29, 1.82) is 0 Å². The molecule has 158 valence electrons. The molecule has 0 spiro atoms. The van der Waals surface area contributed by atoms with Crippen molar-refractivity contribution in [3.8, 4) is 0 Å². The number of nitrogens with zero attached hydrogens (tertiary/aromatic N) is 3. The van der Waals surface area contributed by atoms with Crippen LogP contribution in [0.1, 0.15) is 24.2 Å². The maximum Gasteiger partial charge on any atom is 0.407 e. The molecule has 0 radical (unpaired) electrons. The molecule has 10 nitrogen and oxygen atoms in total. The van der Waals surface area contributed by atoms with E-state index >= 15 is 0 Å². The molecule has 1 aromatic heterocycles. The number of rotatable bonds is 11. The third-order valence-electron chi connectivity index (χ3n) is 5.65. The van der Waals surface area contributed by atoms with Crippen LogP contribution in [0.3, 0.4) is 0 Å². The molecule has 2 aliphatic carbocycles. The first-order valence-electron chi connectivity index (χ1n) is 10.1. The number of hydrazine groups is 1. The minimum absolute atomic E-state index is 0.373. The molecule has 1 amide bonds. The first-order chi connectivity index (χ1) is 13.7. The summed E-state index contributed by atoms with van der Waals surface area (Å²) >= 11 is 0. The largest absolute Gasteiger partial charge is 0.449 e. The summed E-state index contributed by atoms with van der Waals surface area (Å²) in [5.41, 5.74) is 4.89. The quantitative estimate of drug-likeness (QED) is 0.266. The molecule has 0 saturated heterocycles. The van der Waals surface area contributed by atoms with Gasteiger partial charge in [-0.3, -0.25) is 16.0 Å². The molecule has 1 fully saturated rings. The Hall–Kier alpha value is -1.75. The molecule has 2 aliphatic rings. The molecular formula is C18H32N6O4. The fourth-order valence-electron chi connectivity index (χ4n) is 4.06. The standard InChI is InChI=1S/C18H32N6O4/c1-24-17-5-3-14-13(2-4-16(17)22-23-24)15(14)12-28-18(25)20-6-8-26-10-11-27-9-7-21-19/h13-15,21H,2-12,19H2,1H3,(H,20,25). The van der Waals surface area contributed by atoms with Crippen LogP contribution in [0.25, 0.3) is 0 Å². The monoisotopic (exact) mass is 396 g/mol. The van der Waals surface area contributed by atoms with Gasteiger partial charge in [-0.15, -0.1) is 5.10 Å². The topological polar surface area (TPSA) is 126 Å². The molecule has 3 rings (SSSR count). The summed E-state index contributed by atoms with van der Waals surface area (Å²) in [6, 6.07) is 0. The highest BCUT2D eigenvalue weighted by molar-refractivity contribution is 5.67. The Morgan fingerprint density at radius 1 is 1.14 bits per heavy atom. The van der Waals surface area contributed by atoms with Crippen LogP contribution in [0.2, 0.25) is 0 Å². The Morgan fingerprint density at radius 3 is 2.61 bits per heavy atom. The van der Waals surface area contributed by atoms with Gasteiger partial charge in [0, 0.05) is 20.1 Å². The van der Waals surface area contributed by atoms with E-state index < -0.39 is 0 Å². The lowest BCUT2D eigenvalue weighted by atomic mass is 10.0. The maximum absolute atomic E-state index is 11.9. The third-order valence-corrected chi connectivity index (χ3v) is 5.65. The van der Waals surface area contributed by atoms with Gasteiger partial charge < -0.3 is 19.5 Å². The lowest BCUT2D eigenvalue weighted by Gasteiger charge is -2.08. The van der Waals surface area contributed by atoms with E-state index in [1.54, 1.807) is 0 Å². The minimum Gasteiger partial charge on any atom is -0.449 e. The zero-order valence-electron chi connectivity index (χ0n) is 16.6. The Labute approximate surface area is 165 Å². The van der Waals surface area contributed by atoms with Gasteiger partial charge in [-0.2, -0.15) is 0 Å². The minimum atomic E-state index is -0.373. The first kappa shape index (κ1) is 21.0. The first-order valence-corrected chi connectivity index (χ1v) is 10.1. The molecular weight excluding hydrogens is 364 g/mol. The van der Waals surface area contributed by atoms with Crippen molar-refractivity contribution in [3.63, 3.8) is 0 Å². The lowest BCUT2D eigenvalue weighted by Crippen LogP contribution is -2.29. The zero-order valence-corrected chi connectivity index (χ0v) is 16.6. The van der Waals surface area contributed by atoms with Crippen molar-refractivity contribution >= 4 is 6.09 Å². The Morgan fingerprint density at radius 2 is 1.86 bits per heavy atom. The molecule has 1 heterocycles.